The molecule has 0 radical (unpaired) electrons. The molecule has 0 amide bonds. The van der Waals surface area contributed by atoms with Gasteiger partial charge in [-0.3, -0.25) is 4.90 Å². The van der Waals surface area contributed by atoms with Crippen LogP contribution < -0.4 is 15.2 Å². The predicted octanol–water partition coefficient (Wildman–Crippen LogP) is 2.30. The predicted molar refractivity (Wildman–Crippen MR) is 137 cm³/mol. The maximum absolute atomic E-state index is 13.5. The lowest BCUT2D eigenvalue weighted by Gasteiger charge is -2.33. The minimum Gasteiger partial charge on any atom is -0.493 e. The van der Waals surface area contributed by atoms with E-state index in [1.165, 1.54) is 4.31 Å². The van der Waals surface area contributed by atoms with E-state index >= 15 is 0 Å². The fourth-order valence-electron chi connectivity index (χ4n) is 4.67. The Morgan fingerprint density at radius 1 is 1.23 bits per heavy atom. The van der Waals surface area contributed by atoms with Gasteiger partial charge in [-0.2, -0.15) is 4.31 Å². The van der Waals surface area contributed by atoms with E-state index in [9.17, 15) is 8.42 Å². The van der Waals surface area contributed by atoms with Crippen LogP contribution in [0.3, 0.4) is 0 Å². The molecule has 2 aliphatic heterocycles. The van der Waals surface area contributed by atoms with Crippen LogP contribution in [-0.4, -0.2) is 85.7 Å². The molecule has 0 bridgehead atoms. The molecular formula is C23H34N6O4S2. The molecule has 1 saturated heterocycles. The van der Waals surface area contributed by atoms with Crippen LogP contribution in [0.15, 0.2) is 23.1 Å². The third-order valence-electron chi connectivity index (χ3n) is 6.43. The standard InChI is InChI=1S/C23H34N6O4S2/c1-4-6-18-20-21(27(3)26-18)23(34)25-22(24-20)17-15-16(7-8-19(17)33-5-2)35(31,32)29-11-9-28(10-12-29)13-14-30/h7-8,15,18,26,30H,4-6,9-14H2,1-3H3,(H,24,25,34). The van der Waals surface area contributed by atoms with Crippen molar-refractivity contribution in [2.75, 3.05) is 58.0 Å². The van der Waals surface area contributed by atoms with E-state index in [1.807, 2.05) is 19.0 Å². The molecule has 0 saturated carbocycles. The summed E-state index contributed by atoms with van der Waals surface area (Å²) in [6.07, 6.45) is 1.91. The average Bonchev–Trinajstić information content (AvgIpc) is 3.15. The van der Waals surface area contributed by atoms with E-state index in [4.69, 9.17) is 22.1 Å². The topological polar surface area (TPSA) is 114 Å². The molecule has 10 nitrogen and oxygen atoms in total. The van der Waals surface area contributed by atoms with Crippen molar-refractivity contribution >= 4 is 27.9 Å². The van der Waals surface area contributed by atoms with Gasteiger partial charge in [0.1, 0.15) is 17.3 Å². The zero-order valence-electron chi connectivity index (χ0n) is 20.5. The van der Waals surface area contributed by atoms with E-state index in [0.717, 1.165) is 24.2 Å². The van der Waals surface area contributed by atoms with Gasteiger partial charge in [0.15, 0.2) is 4.64 Å². The minimum absolute atomic E-state index is 0.0640. The van der Waals surface area contributed by atoms with Crippen molar-refractivity contribution in [3.63, 3.8) is 0 Å². The van der Waals surface area contributed by atoms with Crippen LogP contribution in [0.4, 0.5) is 5.69 Å². The Bertz CT molecular complexity index is 1210. The van der Waals surface area contributed by atoms with E-state index < -0.39 is 10.0 Å². The number of aromatic amines is 1. The molecule has 1 fully saturated rings. The van der Waals surface area contributed by atoms with Crippen molar-refractivity contribution in [2.24, 2.45) is 0 Å². The molecular weight excluding hydrogens is 488 g/mol. The number of benzene rings is 1. The van der Waals surface area contributed by atoms with Crippen LogP contribution in [0, 0.1) is 4.64 Å². The summed E-state index contributed by atoms with van der Waals surface area (Å²) in [4.78, 5) is 10.3. The van der Waals surface area contributed by atoms with Crippen LogP contribution in [0.2, 0.25) is 0 Å². The van der Waals surface area contributed by atoms with Crippen LogP contribution in [0.1, 0.15) is 38.4 Å². The van der Waals surface area contributed by atoms with Crippen LogP contribution in [0.5, 0.6) is 5.75 Å². The van der Waals surface area contributed by atoms with Gasteiger partial charge in [0.05, 0.1) is 35.4 Å². The van der Waals surface area contributed by atoms with Gasteiger partial charge in [0.25, 0.3) is 0 Å². The molecule has 1 atom stereocenters. The maximum Gasteiger partial charge on any atom is 0.243 e. The summed E-state index contributed by atoms with van der Waals surface area (Å²) in [6.45, 7) is 6.98. The normalized spacial score (nSPS) is 19.2. The lowest BCUT2D eigenvalue weighted by molar-refractivity contribution is 0.151. The van der Waals surface area contributed by atoms with Crippen molar-refractivity contribution in [2.45, 2.75) is 37.6 Å². The number of nitrogens with one attached hydrogen (secondary N) is 2. The van der Waals surface area contributed by atoms with Gasteiger partial charge in [-0.1, -0.05) is 25.6 Å². The molecule has 3 heterocycles. The molecule has 0 aliphatic carbocycles. The summed E-state index contributed by atoms with van der Waals surface area (Å²) in [7, 11) is -1.80. The van der Waals surface area contributed by atoms with E-state index in [0.29, 0.717) is 61.1 Å². The molecule has 4 rings (SSSR count). The zero-order valence-corrected chi connectivity index (χ0v) is 22.1. The van der Waals surface area contributed by atoms with Crippen LogP contribution in [-0.2, 0) is 10.0 Å². The first-order valence-corrected chi connectivity index (χ1v) is 13.9. The van der Waals surface area contributed by atoms with Gasteiger partial charge >= 0.3 is 0 Å². The number of aliphatic hydroxyl groups excluding tert-OH is 1. The minimum atomic E-state index is -3.71. The Labute approximate surface area is 211 Å². The molecule has 1 unspecified atom stereocenters. The van der Waals surface area contributed by atoms with Gasteiger partial charge in [-0.25, -0.2) is 18.8 Å². The van der Waals surface area contributed by atoms with Gasteiger partial charge in [0.2, 0.25) is 10.0 Å². The fourth-order valence-corrected chi connectivity index (χ4v) is 6.46. The molecule has 192 valence electrons. The molecule has 2 aliphatic rings. The van der Waals surface area contributed by atoms with Gasteiger partial charge in [-0.05, 0) is 31.5 Å². The third-order valence-corrected chi connectivity index (χ3v) is 8.61. The molecule has 35 heavy (non-hydrogen) atoms. The number of ether oxygens (including phenoxy) is 1. The Balaban J connectivity index is 1.73. The number of aliphatic hydroxyl groups is 1. The van der Waals surface area contributed by atoms with Gasteiger partial charge in [-0.15, -0.1) is 0 Å². The summed E-state index contributed by atoms with van der Waals surface area (Å²) in [6, 6.07) is 4.97. The lowest BCUT2D eigenvalue weighted by Crippen LogP contribution is -2.49. The van der Waals surface area contributed by atoms with Gasteiger partial charge in [0, 0.05) is 39.8 Å². The summed E-state index contributed by atoms with van der Waals surface area (Å²) in [5.41, 5.74) is 5.76. The van der Waals surface area contributed by atoms with Crippen molar-refractivity contribution < 1.29 is 18.3 Å². The monoisotopic (exact) mass is 522 g/mol. The third kappa shape index (κ3) is 5.23. The molecule has 3 N–H and O–H groups in total. The largest absolute Gasteiger partial charge is 0.493 e. The first-order valence-electron chi connectivity index (χ1n) is 12.0. The molecule has 12 heteroatoms. The number of rotatable bonds is 9. The highest BCUT2D eigenvalue weighted by Crippen LogP contribution is 2.37. The smallest absolute Gasteiger partial charge is 0.243 e. The lowest BCUT2D eigenvalue weighted by atomic mass is 10.1. The highest BCUT2D eigenvalue weighted by atomic mass is 32.2. The first-order chi connectivity index (χ1) is 16.8. The van der Waals surface area contributed by atoms with Crippen molar-refractivity contribution in [3.8, 4) is 17.1 Å². The first kappa shape index (κ1) is 26.0. The zero-order chi connectivity index (χ0) is 25.2. The number of aromatic nitrogens is 2. The number of nitrogens with zero attached hydrogens (tertiary/aromatic N) is 4. The second-order valence-corrected chi connectivity index (χ2v) is 11.1. The van der Waals surface area contributed by atoms with Crippen LogP contribution >= 0.6 is 12.2 Å². The molecule has 1 aromatic carbocycles. The Hall–Kier alpha value is -2.09. The number of fused-ring (bicyclic) bond motifs is 1. The number of anilines is 1. The number of hydrogen-bond donors (Lipinski definition) is 3. The summed E-state index contributed by atoms with van der Waals surface area (Å²) >= 11 is 5.63. The number of hydrazine groups is 1. The summed E-state index contributed by atoms with van der Waals surface area (Å²) in [5, 5.41) is 11.1. The number of piperazine rings is 1. The van der Waals surface area contributed by atoms with Crippen molar-refractivity contribution in [1.82, 2.24) is 24.6 Å². The Kier molecular flexibility index (Phi) is 8.09. The van der Waals surface area contributed by atoms with Crippen molar-refractivity contribution in [1.29, 1.82) is 0 Å². The average molecular weight is 523 g/mol. The fraction of sp³-hybridized carbons (Fsp3) is 0.565. The maximum atomic E-state index is 13.5. The Morgan fingerprint density at radius 3 is 2.63 bits per heavy atom. The number of sulfonamides is 1. The molecule has 0 spiro atoms. The molecule has 2 aromatic rings. The quantitative estimate of drug-likeness (QED) is 0.427. The second kappa shape index (κ2) is 10.9. The van der Waals surface area contributed by atoms with E-state index in [-0.39, 0.29) is 17.5 Å². The number of β-amino-alcohol motifs (C(OH)–C–C–N with tert-alkyl or cyclic N) is 1. The number of hydrogen-bond acceptors (Lipinski definition) is 9. The summed E-state index contributed by atoms with van der Waals surface area (Å²) < 4.78 is 34.8. The van der Waals surface area contributed by atoms with Crippen LogP contribution in [0.25, 0.3) is 11.4 Å². The summed E-state index contributed by atoms with van der Waals surface area (Å²) in [5.74, 6) is 1.03. The highest BCUT2D eigenvalue weighted by molar-refractivity contribution is 7.89. The molecule has 1 aromatic heterocycles. The Morgan fingerprint density at radius 2 is 1.97 bits per heavy atom. The highest BCUT2D eigenvalue weighted by Gasteiger charge is 2.31. The second-order valence-electron chi connectivity index (χ2n) is 8.74. The number of H-pyrrole nitrogens is 1. The van der Waals surface area contributed by atoms with E-state index in [1.54, 1.807) is 18.2 Å². The van der Waals surface area contributed by atoms with E-state index in [2.05, 4.69) is 27.2 Å². The van der Waals surface area contributed by atoms with Crippen molar-refractivity contribution in [3.05, 3.63) is 28.5 Å². The van der Waals surface area contributed by atoms with Gasteiger partial charge < -0.3 is 19.8 Å². The SMILES string of the molecule is CCCC1NN(C)c2c1[nH]c(-c1cc(S(=O)(=O)N3CCN(CCO)CC3)ccc1OCC)nc2=S.